The molecule has 1 saturated heterocycles. The molecule has 1 fully saturated rings. The van der Waals surface area contributed by atoms with Gasteiger partial charge in [-0.15, -0.1) is 0 Å². The van der Waals surface area contributed by atoms with Crippen LogP contribution in [0.3, 0.4) is 0 Å². The number of hydrazine groups is 1. The van der Waals surface area contributed by atoms with Gasteiger partial charge >= 0.3 is 0 Å². The summed E-state index contributed by atoms with van der Waals surface area (Å²) in [5.41, 5.74) is 3.51. The van der Waals surface area contributed by atoms with Crippen molar-refractivity contribution in [3.05, 3.63) is 18.3 Å². The van der Waals surface area contributed by atoms with Crippen LogP contribution in [0.1, 0.15) is 12.8 Å². The van der Waals surface area contributed by atoms with Crippen molar-refractivity contribution < 1.29 is 4.21 Å². The van der Waals surface area contributed by atoms with Crippen molar-refractivity contribution in [2.45, 2.75) is 18.9 Å². The first-order chi connectivity index (χ1) is 7.78. The zero-order valence-corrected chi connectivity index (χ0v) is 9.80. The Hall–Kier alpha value is -1.14. The van der Waals surface area contributed by atoms with Crippen molar-refractivity contribution in [3.63, 3.8) is 0 Å². The molecule has 0 atom stereocenters. The van der Waals surface area contributed by atoms with E-state index in [9.17, 15) is 4.21 Å². The zero-order valence-electron chi connectivity index (χ0n) is 8.98. The lowest BCUT2D eigenvalue weighted by Crippen LogP contribution is -2.29. The lowest BCUT2D eigenvalue weighted by molar-refractivity contribution is 0.624. The molecule has 5 nitrogen and oxygen atoms in total. The van der Waals surface area contributed by atoms with Crippen LogP contribution in [0.5, 0.6) is 0 Å². The minimum atomic E-state index is -0.610. The number of nitrogen functional groups attached to an aromatic ring is 1. The molecule has 88 valence electrons. The number of rotatable bonds is 3. The van der Waals surface area contributed by atoms with Crippen LogP contribution in [0, 0.1) is 0 Å². The lowest BCUT2D eigenvalue weighted by Gasteiger charge is -2.23. The maximum atomic E-state index is 11.2. The van der Waals surface area contributed by atoms with Crippen molar-refractivity contribution in [1.29, 1.82) is 0 Å². The number of hydrogen-bond acceptors (Lipinski definition) is 5. The van der Waals surface area contributed by atoms with Gasteiger partial charge in [-0.25, -0.2) is 10.8 Å². The first kappa shape index (κ1) is 11.3. The van der Waals surface area contributed by atoms with E-state index in [2.05, 4.69) is 15.7 Å². The van der Waals surface area contributed by atoms with Crippen molar-refractivity contribution in [1.82, 2.24) is 4.98 Å². The number of anilines is 2. The molecule has 1 aliphatic heterocycles. The van der Waals surface area contributed by atoms with Crippen molar-refractivity contribution in [2.24, 2.45) is 5.84 Å². The highest BCUT2D eigenvalue weighted by Crippen LogP contribution is 2.17. The molecule has 2 heterocycles. The first-order valence-electron chi connectivity index (χ1n) is 5.32. The maximum Gasteiger partial charge on any atom is 0.141 e. The summed E-state index contributed by atoms with van der Waals surface area (Å²) in [6.45, 7) is 0. The SMILES string of the molecule is NNc1cc(NC2CCS(=O)CC2)ccn1. The number of aromatic nitrogens is 1. The third-order valence-electron chi connectivity index (χ3n) is 2.67. The number of nitrogens with one attached hydrogen (secondary N) is 2. The van der Waals surface area contributed by atoms with Crippen molar-refractivity contribution in [2.75, 3.05) is 22.2 Å². The number of nitrogens with zero attached hydrogens (tertiary/aromatic N) is 1. The van der Waals surface area contributed by atoms with Crippen LogP contribution >= 0.6 is 0 Å². The van der Waals surface area contributed by atoms with E-state index in [1.807, 2.05) is 12.1 Å². The summed E-state index contributed by atoms with van der Waals surface area (Å²) in [6, 6.07) is 4.18. The number of pyridine rings is 1. The lowest BCUT2D eigenvalue weighted by atomic mass is 10.1. The van der Waals surface area contributed by atoms with Crippen LogP contribution in [0.2, 0.25) is 0 Å². The molecular formula is C10H16N4OS. The summed E-state index contributed by atoms with van der Waals surface area (Å²) in [5.74, 6) is 7.53. The molecule has 0 aromatic carbocycles. The average Bonchev–Trinajstić information content (AvgIpc) is 2.32. The molecule has 0 amide bonds. The number of hydrogen-bond donors (Lipinski definition) is 3. The fourth-order valence-corrected chi connectivity index (χ4v) is 3.07. The van der Waals surface area contributed by atoms with Crippen LogP contribution in [0.4, 0.5) is 11.5 Å². The van der Waals surface area contributed by atoms with Crippen LogP contribution in [0.25, 0.3) is 0 Å². The van der Waals surface area contributed by atoms with E-state index in [0.717, 1.165) is 30.0 Å². The third kappa shape index (κ3) is 2.93. The van der Waals surface area contributed by atoms with E-state index in [4.69, 9.17) is 5.84 Å². The fourth-order valence-electron chi connectivity index (χ4n) is 1.77. The van der Waals surface area contributed by atoms with Gasteiger partial charge in [0, 0.05) is 46.3 Å². The van der Waals surface area contributed by atoms with E-state index in [-0.39, 0.29) is 0 Å². The molecule has 0 spiro atoms. The smallest absolute Gasteiger partial charge is 0.141 e. The largest absolute Gasteiger partial charge is 0.382 e. The van der Waals surface area contributed by atoms with Gasteiger partial charge in [0.2, 0.25) is 0 Å². The molecule has 1 aliphatic rings. The minimum absolute atomic E-state index is 0.408. The third-order valence-corrected chi connectivity index (χ3v) is 4.05. The molecule has 6 heteroatoms. The van der Waals surface area contributed by atoms with Gasteiger partial charge in [0.25, 0.3) is 0 Å². The Bertz CT molecular complexity index is 375. The quantitative estimate of drug-likeness (QED) is 0.535. The molecule has 1 aromatic heterocycles. The Balaban J connectivity index is 1.95. The Labute approximate surface area is 97.3 Å². The molecule has 0 aliphatic carbocycles. The molecule has 0 unspecified atom stereocenters. The highest BCUT2D eigenvalue weighted by atomic mass is 32.2. The van der Waals surface area contributed by atoms with Crippen LogP contribution in [0.15, 0.2) is 18.3 Å². The van der Waals surface area contributed by atoms with Crippen LogP contribution in [-0.4, -0.2) is 26.7 Å². The Morgan fingerprint density at radius 2 is 2.19 bits per heavy atom. The van der Waals surface area contributed by atoms with Crippen molar-refractivity contribution >= 4 is 22.3 Å². The van der Waals surface area contributed by atoms with Gasteiger partial charge < -0.3 is 10.7 Å². The van der Waals surface area contributed by atoms with Gasteiger partial charge in [-0.05, 0) is 18.9 Å². The second kappa shape index (κ2) is 5.27. The van der Waals surface area contributed by atoms with Gasteiger partial charge in [0.1, 0.15) is 5.82 Å². The molecule has 0 radical (unpaired) electrons. The van der Waals surface area contributed by atoms with E-state index in [1.165, 1.54) is 0 Å². The van der Waals surface area contributed by atoms with E-state index in [0.29, 0.717) is 11.9 Å². The summed E-state index contributed by atoms with van der Waals surface area (Å²) in [7, 11) is -0.610. The normalized spacial score (nSPS) is 25.1. The van der Waals surface area contributed by atoms with Gasteiger partial charge in [-0.1, -0.05) is 0 Å². The fraction of sp³-hybridized carbons (Fsp3) is 0.500. The predicted molar refractivity (Wildman–Crippen MR) is 66.6 cm³/mol. The van der Waals surface area contributed by atoms with E-state index < -0.39 is 10.8 Å². The molecule has 2 rings (SSSR count). The summed E-state index contributed by atoms with van der Waals surface area (Å²) in [6.07, 6.45) is 3.62. The van der Waals surface area contributed by atoms with Gasteiger partial charge in [0.05, 0.1) is 0 Å². The van der Waals surface area contributed by atoms with Crippen molar-refractivity contribution in [3.8, 4) is 0 Å². The van der Waals surface area contributed by atoms with Crippen LogP contribution in [-0.2, 0) is 10.8 Å². The Morgan fingerprint density at radius 3 is 2.88 bits per heavy atom. The Morgan fingerprint density at radius 1 is 1.44 bits per heavy atom. The monoisotopic (exact) mass is 240 g/mol. The second-order valence-electron chi connectivity index (χ2n) is 3.84. The summed E-state index contributed by atoms with van der Waals surface area (Å²) in [4.78, 5) is 4.04. The summed E-state index contributed by atoms with van der Waals surface area (Å²) >= 11 is 0. The van der Waals surface area contributed by atoms with Gasteiger partial charge in [0.15, 0.2) is 0 Å². The summed E-state index contributed by atoms with van der Waals surface area (Å²) in [5, 5.41) is 3.41. The zero-order chi connectivity index (χ0) is 11.4. The van der Waals surface area contributed by atoms with E-state index in [1.54, 1.807) is 6.20 Å². The second-order valence-corrected chi connectivity index (χ2v) is 5.54. The predicted octanol–water partition coefficient (Wildman–Crippen LogP) is 0.690. The number of nitrogens with two attached hydrogens (primary N) is 1. The molecule has 0 bridgehead atoms. The standard InChI is InChI=1S/C10H16N4OS/c11-14-10-7-9(1-4-12-10)13-8-2-5-16(15)6-3-8/h1,4,7-8H,2-3,5-6,11H2,(H2,12,13,14). The van der Waals surface area contributed by atoms with Gasteiger partial charge in [-0.3, -0.25) is 4.21 Å². The molecule has 0 saturated carbocycles. The maximum absolute atomic E-state index is 11.2. The highest BCUT2D eigenvalue weighted by molar-refractivity contribution is 7.85. The molecule has 4 N–H and O–H groups in total. The van der Waals surface area contributed by atoms with E-state index >= 15 is 0 Å². The summed E-state index contributed by atoms with van der Waals surface area (Å²) < 4.78 is 11.2. The average molecular weight is 240 g/mol. The highest BCUT2D eigenvalue weighted by Gasteiger charge is 2.17. The van der Waals surface area contributed by atoms with Gasteiger partial charge in [-0.2, -0.15) is 0 Å². The minimum Gasteiger partial charge on any atom is -0.382 e. The topological polar surface area (TPSA) is 80.0 Å². The molecule has 1 aromatic rings. The van der Waals surface area contributed by atoms with Crippen LogP contribution < -0.4 is 16.6 Å². The first-order valence-corrected chi connectivity index (χ1v) is 6.81. The molecule has 16 heavy (non-hydrogen) atoms. The Kier molecular flexibility index (Phi) is 3.74. The molecular weight excluding hydrogens is 224 g/mol.